The number of phenols is 1. The second kappa shape index (κ2) is 7.12. The Morgan fingerprint density at radius 3 is 2.79 bits per heavy atom. The fraction of sp³-hybridized carbons (Fsp3) is 0.533. The zero-order chi connectivity index (χ0) is 13.7. The van der Waals surface area contributed by atoms with Gasteiger partial charge in [0.1, 0.15) is 5.75 Å². The highest BCUT2D eigenvalue weighted by Gasteiger charge is 2.14. The van der Waals surface area contributed by atoms with Gasteiger partial charge in [0.25, 0.3) is 5.91 Å². The third kappa shape index (κ3) is 4.37. The Morgan fingerprint density at radius 2 is 2.11 bits per heavy atom. The monoisotopic (exact) mass is 373 g/mol. The Morgan fingerprint density at radius 1 is 1.37 bits per heavy atom. The molecule has 0 bridgehead atoms. The summed E-state index contributed by atoms with van der Waals surface area (Å²) in [6, 6.07) is 5.02. The number of halogens is 1. The van der Waals surface area contributed by atoms with Gasteiger partial charge in [-0.25, -0.2) is 0 Å². The second-order valence-electron chi connectivity index (χ2n) is 5.21. The molecule has 0 aliphatic heterocycles. The highest BCUT2D eigenvalue weighted by atomic mass is 127. The Labute approximate surface area is 127 Å². The van der Waals surface area contributed by atoms with Crippen LogP contribution in [0.15, 0.2) is 18.2 Å². The maximum Gasteiger partial charge on any atom is 0.251 e. The summed E-state index contributed by atoms with van der Waals surface area (Å²) in [5.74, 6) is 0.941. The summed E-state index contributed by atoms with van der Waals surface area (Å²) >= 11 is 2.04. The van der Waals surface area contributed by atoms with Crippen LogP contribution in [0.4, 0.5) is 0 Å². The molecule has 1 amide bonds. The number of phenolic OH excluding ortho intramolecular Hbond substituents is 1. The number of amides is 1. The van der Waals surface area contributed by atoms with Gasteiger partial charge in [0.15, 0.2) is 0 Å². The van der Waals surface area contributed by atoms with E-state index < -0.39 is 0 Å². The number of rotatable bonds is 5. The summed E-state index contributed by atoms with van der Waals surface area (Å²) in [5.41, 5.74) is 0.527. The third-order valence-electron chi connectivity index (χ3n) is 3.76. The summed E-state index contributed by atoms with van der Waals surface area (Å²) < 4.78 is 0.760. The lowest BCUT2D eigenvalue weighted by atomic mass is 10.0. The molecule has 1 aliphatic carbocycles. The Kier molecular flexibility index (Phi) is 5.48. The van der Waals surface area contributed by atoms with Crippen molar-refractivity contribution in [3.63, 3.8) is 0 Å². The van der Waals surface area contributed by atoms with Gasteiger partial charge in [0.2, 0.25) is 0 Å². The van der Waals surface area contributed by atoms with Crippen LogP contribution in [0.3, 0.4) is 0 Å². The smallest absolute Gasteiger partial charge is 0.251 e. The fourth-order valence-corrected chi connectivity index (χ4v) is 2.98. The van der Waals surface area contributed by atoms with Crippen LogP contribution in [0, 0.1) is 9.49 Å². The van der Waals surface area contributed by atoms with Crippen molar-refractivity contribution in [2.75, 3.05) is 6.54 Å². The van der Waals surface area contributed by atoms with Crippen LogP contribution in [-0.2, 0) is 0 Å². The fourth-order valence-electron chi connectivity index (χ4n) is 2.65. The van der Waals surface area contributed by atoms with Crippen LogP contribution >= 0.6 is 22.6 Å². The zero-order valence-corrected chi connectivity index (χ0v) is 13.2. The van der Waals surface area contributed by atoms with Crippen LogP contribution in [0.5, 0.6) is 5.75 Å². The van der Waals surface area contributed by atoms with Gasteiger partial charge >= 0.3 is 0 Å². The molecule has 0 atom stereocenters. The van der Waals surface area contributed by atoms with Gasteiger partial charge in [-0.15, -0.1) is 0 Å². The zero-order valence-electron chi connectivity index (χ0n) is 11.0. The quantitative estimate of drug-likeness (QED) is 0.611. The summed E-state index contributed by atoms with van der Waals surface area (Å²) in [7, 11) is 0. The van der Waals surface area contributed by atoms with Gasteiger partial charge < -0.3 is 10.4 Å². The van der Waals surface area contributed by atoms with E-state index in [1.807, 2.05) is 22.6 Å². The first-order valence-electron chi connectivity index (χ1n) is 6.93. The van der Waals surface area contributed by atoms with Crippen LogP contribution in [-0.4, -0.2) is 17.6 Å². The molecule has 0 radical (unpaired) electrons. The van der Waals surface area contributed by atoms with Crippen LogP contribution in [0.25, 0.3) is 0 Å². The van der Waals surface area contributed by atoms with E-state index in [-0.39, 0.29) is 11.7 Å². The predicted molar refractivity (Wildman–Crippen MR) is 84.3 cm³/mol. The SMILES string of the molecule is O=C(NCCCC1CCCC1)c1ccc(I)c(O)c1. The predicted octanol–water partition coefficient (Wildman–Crippen LogP) is 3.70. The standard InChI is InChI=1S/C15H20INO2/c16-13-8-7-12(10-14(13)18)15(19)17-9-3-6-11-4-1-2-5-11/h7-8,10-11,18H,1-6,9H2,(H,17,19). The van der Waals surface area contributed by atoms with Crippen molar-refractivity contribution >= 4 is 28.5 Å². The molecule has 4 heteroatoms. The van der Waals surface area contributed by atoms with Crippen molar-refractivity contribution in [3.8, 4) is 5.75 Å². The lowest BCUT2D eigenvalue weighted by Crippen LogP contribution is -2.24. The van der Waals surface area contributed by atoms with E-state index in [0.717, 1.165) is 22.5 Å². The molecule has 0 unspecified atom stereocenters. The van der Waals surface area contributed by atoms with Gasteiger partial charge in [0.05, 0.1) is 3.57 Å². The molecule has 1 aliphatic rings. The molecular formula is C15H20INO2. The summed E-state index contributed by atoms with van der Waals surface area (Å²) in [5, 5.41) is 12.5. The highest BCUT2D eigenvalue weighted by Crippen LogP contribution is 2.28. The number of benzene rings is 1. The van der Waals surface area contributed by atoms with E-state index in [0.29, 0.717) is 5.56 Å². The van der Waals surface area contributed by atoms with E-state index in [4.69, 9.17) is 0 Å². The molecule has 2 N–H and O–H groups in total. The number of carbonyl (C=O) groups excluding carboxylic acids is 1. The molecule has 1 saturated carbocycles. The summed E-state index contributed by atoms with van der Waals surface area (Å²) in [6.07, 6.45) is 7.74. The van der Waals surface area contributed by atoms with Gasteiger partial charge in [0, 0.05) is 12.1 Å². The topological polar surface area (TPSA) is 49.3 Å². The molecule has 104 valence electrons. The van der Waals surface area contributed by atoms with Crippen molar-refractivity contribution in [3.05, 3.63) is 27.3 Å². The van der Waals surface area contributed by atoms with Crippen molar-refractivity contribution < 1.29 is 9.90 Å². The molecule has 0 saturated heterocycles. The summed E-state index contributed by atoms with van der Waals surface area (Å²) in [6.45, 7) is 0.724. The normalized spacial score (nSPS) is 15.6. The molecule has 3 nitrogen and oxygen atoms in total. The van der Waals surface area contributed by atoms with E-state index in [1.165, 1.54) is 38.2 Å². The molecule has 1 fully saturated rings. The largest absolute Gasteiger partial charge is 0.507 e. The minimum atomic E-state index is -0.0990. The van der Waals surface area contributed by atoms with Gasteiger partial charge in [-0.1, -0.05) is 25.7 Å². The first-order valence-corrected chi connectivity index (χ1v) is 8.01. The molecule has 1 aromatic rings. The lowest BCUT2D eigenvalue weighted by Gasteiger charge is -2.09. The van der Waals surface area contributed by atoms with Gasteiger partial charge in [-0.3, -0.25) is 4.79 Å². The number of aromatic hydroxyl groups is 1. The Bertz CT molecular complexity index is 442. The minimum Gasteiger partial charge on any atom is -0.507 e. The van der Waals surface area contributed by atoms with Crippen LogP contribution in [0.1, 0.15) is 48.9 Å². The van der Waals surface area contributed by atoms with E-state index in [2.05, 4.69) is 5.32 Å². The first kappa shape index (κ1) is 14.6. The van der Waals surface area contributed by atoms with Crippen LogP contribution < -0.4 is 5.32 Å². The maximum absolute atomic E-state index is 11.9. The number of nitrogens with one attached hydrogen (secondary N) is 1. The lowest BCUT2D eigenvalue weighted by molar-refractivity contribution is 0.0952. The molecule has 0 spiro atoms. The number of carbonyl (C=O) groups is 1. The molecule has 0 heterocycles. The van der Waals surface area contributed by atoms with Crippen molar-refractivity contribution in [2.45, 2.75) is 38.5 Å². The van der Waals surface area contributed by atoms with Crippen molar-refractivity contribution in [2.24, 2.45) is 5.92 Å². The van der Waals surface area contributed by atoms with E-state index >= 15 is 0 Å². The second-order valence-corrected chi connectivity index (χ2v) is 6.38. The van der Waals surface area contributed by atoms with Gasteiger partial charge in [-0.05, 0) is 59.5 Å². The van der Waals surface area contributed by atoms with Gasteiger partial charge in [-0.2, -0.15) is 0 Å². The van der Waals surface area contributed by atoms with Crippen molar-refractivity contribution in [1.82, 2.24) is 5.32 Å². The van der Waals surface area contributed by atoms with E-state index in [9.17, 15) is 9.90 Å². The number of hydrogen-bond acceptors (Lipinski definition) is 2. The van der Waals surface area contributed by atoms with E-state index in [1.54, 1.807) is 12.1 Å². The average Bonchev–Trinajstić information content (AvgIpc) is 2.91. The molecule has 1 aromatic carbocycles. The molecule has 0 aromatic heterocycles. The molecular weight excluding hydrogens is 353 g/mol. The Balaban J connectivity index is 1.72. The third-order valence-corrected chi connectivity index (χ3v) is 4.67. The minimum absolute atomic E-state index is 0.0990. The first-order chi connectivity index (χ1) is 9.16. The Hall–Kier alpha value is -0.780. The highest BCUT2D eigenvalue weighted by molar-refractivity contribution is 14.1. The maximum atomic E-state index is 11.9. The van der Waals surface area contributed by atoms with Crippen LogP contribution in [0.2, 0.25) is 0 Å². The molecule has 19 heavy (non-hydrogen) atoms. The summed E-state index contributed by atoms with van der Waals surface area (Å²) in [4.78, 5) is 11.9. The molecule has 2 rings (SSSR count). The van der Waals surface area contributed by atoms with Crippen molar-refractivity contribution in [1.29, 1.82) is 0 Å². The average molecular weight is 373 g/mol. The number of hydrogen-bond donors (Lipinski definition) is 2.